The zero-order valence-corrected chi connectivity index (χ0v) is 12.7. The molecule has 0 fully saturated rings. The molecular formula is C15H20N4O3. The number of ether oxygens (including phenoxy) is 1. The van der Waals surface area contributed by atoms with Crippen molar-refractivity contribution in [2.24, 2.45) is 0 Å². The zero-order chi connectivity index (χ0) is 16.4. The summed E-state index contributed by atoms with van der Waals surface area (Å²) in [6.07, 6.45) is 0.343. The Balaban J connectivity index is 2.41. The minimum Gasteiger partial charge on any atom is -0.448 e. The molecule has 1 atom stereocenters. The number of benzene rings is 1. The van der Waals surface area contributed by atoms with E-state index in [1.807, 2.05) is 25.1 Å². The molecule has 0 bridgehead atoms. The number of hydrogen-bond acceptors (Lipinski definition) is 5. The number of nitriles is 1. The lowest BCUT2D eigenvalue weighted by atomic mass is 10.2. The van der Waals surface area contributed by atoms with Gasteiger partial charge < -0.3 is 20.3 Å². The van der Waals surface area contributed by atoms with Gasteiger partial charge in [0.05, 0.1) is 18.5 Å². The first-order chi connectivity index (χ1) is 10.6. The maximum atomic E-state index is 11.7. The van der Waals surface area contributed by atoms with Gasteiger partial charge in [0.2, 0.25) is 6.41 Å². The number of carbonyl (C=O) groups is 2. The van der Waals surface area contributed by atoms with E-state index in [4.69, 9.17) is 10.00 Å². The monoisotopic (exact) mass is 304 g/mol. The van der Waals surface area contributed by atoms with Crippen LogP contribution in [-0.2, 0) is 16.1 Å². The van der Waals surface area contributed by atoms with Crippen LogP contribution in [-0.4, -0.2) is 44.1 Å². The van der Waals surface area contributed by atoms with Crippen LogP contribution in [0.2, 0.25) is 0 Å². The molecule has 0 aliphatic rings. The second kappa shape index (κ2) is 9.37. The maximum Gasteiger partial charge on any atom is 0.407 e. The molecule has 2 N–H and O–H groups in total. The van der Waals surface area contributed by atoms with E-state index >= 15 is 0 Å². The summed E-state index contributed by atoms with van der Waals surface area (Å²) in [4.78, 5) is 23.9. The molecule has 0 aliphatic carbocycles. The largest absolute Gasteiger partial charge is 0.448 e. The molecule has 0 heterocycles. The van der Waals surface area contributed by atoms with Crippen molar-refractivity contribution in [2.45, 2.75) is 19.0 Å². The van der Waals surface area contributed by atoms with Gasteiger partial charge >= 0.3 is 6.09 Å². The Hall–Kier alpha value is -2.59. The van der Waals surface area contributed by atoms with Crippen molar-refractivity contribution in [1.82, 2.24) is 10.2 Å². The Labute approximate surface area is 129 Å². The molecule has 118 valence electrons. The minimum absolute atomic E-state index is 0.129. The maximum absolute atomic E-state index is 11.7. The normalized spacial score (nSPS) is 11.4. The standard InChI is InChI=1S/C15H20N4O3/c1-19(2)14(6-7-16)10-22-15(21)17-9-12-4-3-5-13(8-12)18-11-20/h3-5,8,11,14H,6,9-10H2,1-2H3,(H,17,21)(H,18,20)/t14-/m1/s1. The van der Waals surface area contributed by atoms with E-state index in [9.17, 15) is 9.59 Å². The first-order valence-corrected chi connectivity index (χ1v) is 6.80. The zero-order valence-electron chi connectivity index (χ0n) is 12.7. The summed E-state index contributed by atoms with van der Waals surface area (Å²) < 4.78 is 5.10. The summed E-state index contributed by atoms with van der Waals surface area (Å²) in [5.41, 5.74) is 1.49. The predicted molar refractivity (Wildman–Crippen MR) is 82.0 cm³/mol. The molecule has 0 aromatic heterocycles. The number of alkyl carbamates (subject to hydrolysis) is 1. The quantitative estimate of drug-likeness (QED) is 0.706. The Morgan fingerprint density at radius 3 is 2.91 bits per heavy atom. The van der Waals surface area contributed by atoms with Gasteiger partial charge in [0.1, 0.15) is 6.61 Å². The number of hydrogen-bond donors (Lipinski definition) is 2. The average Bonchev–Trinajstić information content (AvgIpc) is 2.50. The number of carbonyl (C=O) groups excluding carboxylic acids is 2. The van der Waals surface area contributed by atoms with Crippen molar-refractivity contribution in [3.63, 3.8) is 0 Å². The van der Waals surface area contributed by atoms with Crippen molar-refractivity contribution < 1.29 is 14.3 Å². The molecule has 7 nitrogen and oxygen atoms in total. The van der Waals surface area contributed by atoms with Crippen LogP contribution in [0.5, 0.6) is 0 Å². The van der Waals surface area contributed by atoms with Crippen LogP contribution < -0.4 is 10.6 Å². The van der Waals surface area contributed by atoms with Crippen molar-refractivity contribution in [3.8, 4) is 6.07 Å². The van der Waals surface area contributed by atoms with Gasteiger partial charge in [-0.3, -0.25) is 4.79 Å². The summed E-state index contributed by atoms with van der Waals surface area (Å²) in [7, 11) is 3.66. The molecule has 7 heteroatoms. The van der Waals surface area contributed by atoms with E-state index in [0.29, 0.717) is 18.5 Å². The smallest absolute Gasteiger partial charge is 0.407 e. The molecule has 0 saturated carbocycles. The molecule has 0 saturated heterocycles. The third-order valence-electron chi connectivity index (χ3n) is 3.05. The van der Waals surface area contributed by atoms with Crippen molar-refractivity contribution in [2.75, 3.05) is 26.0 Å². The van der Waals surface area contributed by atoms with Gasteiger partial charge in [-0.25, -0.2) is 4.79 Å². The molecule has 1 aromatic carbocycles. The molecule has 0 aliphatic heterocycles. The fourth-order valence-corrected chi connectivity index (χ4v) is 1.73. The molecule has 2 amide bonds. The van der Waals surface area contributed by atoms with E-state index in [1.54, 1.807) is 18.2 Å². The lowest BCUT2D eigenvalue weighted by Crippen LogP contribution is -2.35. The second-order valence-corrected chi connectivity index (χ2v) is 4.89. The van der Waals surface area contributed by atoms with E-state index in [1.165, 1.54) is 0 Å². The van der Waals surface area contributed by atoms with Crippen LogP contribution in [0, 0.1) is 11.3 Å². The first-order valence-electron chi connectivity index (χ1n) is 6.80. The first kappa shape index (κ1) is 17.5. The van der Waals surface area contributed by atoms with E-state index in [-0.39, 0.29) is 19.2 Å². The number of nitrogens with one attached hydrogen (secondary N) is 2. The van der Waals surface area contributed by atoms with Crippen molar-refractivity contribution in [1.29, 1.82) is 5.26 Å². The van der Waals surface area contributed by atoms with Gasteiger partial charge in [-0.15, -0.1) is 0 Å². The highest BCUT2D eigenvalue weighted by molar-refractivity contribution is 5.71. The Kier molecular flexibility index (Phi) is 7.43. The molecule has 1 aromatic rings. The summed E-state index contributed by atoms with van der Waals surface area (Å²) in [5, 5.41) is 13.9. The van der Waals surface area contributed by atoms with Crippen molar-refractivity contribution in [3.05, 3.63) is 29.8 Å². The van der Waals surface area contributed by atoms with Gasteiger partial charge in [0, 0.05) is 12.2 Å². The van der Waals surface area contributed by atoms with Crippen LogP contribution in [0.3, 0.4) is 0 Å². The number of amides is 2. The predicted octanol–water partition coefficient (Wildman–Crippen LogP) is 1.32. The average molecular weight is 304 g/mol. The van der Waals surface area contributed by atoms with Crippen LogP contribution in [0.25, 0.3) is 0 Å². The number of rotatable bonds is 8. The van der Waals surface area contributed by atoms with Crippen LogP contribution in [0.1, 0.15) is 12.0 Å². The lowest BCUT2D eigenvalue weighted by molar-refractivity contribution is -0.105. The lowest BCUT2D eigenvalue weighted by Gasteiger charge is -2.21. The SMILES string of the molecule is CN(C)[C@H](CC#N)COC(=O)NCc1cccc(NC=O)c1. The van der Waals surface area contributed by atoms with Crippen molar-refractivity contribution >= 4 is 18.2 Å². The molecule has 0 unspecified atom stereocenters. The van der Waals surface area contributed by atoms with Gasteiger partial charge in [0.15, 0.2) is 0 Å². The van der Waals surface area contributed by atoms with E-state index in [2.05, 4.69) is 16.7 Å². The van der Waals surface area contributed by atoms with Crippen LogP contribution in [0.15, 0.2) is 24.3 Å². The third kappa shape index (κ3) is 6.24. The topological polar surface area (TPSA) is 94.5 Å². The van der Waals surface area contributed by atoms with Gasteiger partial charge in [0.25, 0.3) is 0 Å². The number of anilines is 1. The summed E-state index contributed by atoms with van der Waals surface area (Å²) >= 11 is 0. The summed E-state index contributed by atoms with van der Waals surface area (Å²) in [5.74, 6) is 0. The van der Waals surface area contributed by atoms with Gasteiger partial charge in [-0.2, -0.15) is 5.26 Å². The fourth-order valence-electron chi connectivity index (χ4n) is 1.73. The highest BCUT2D eigenvalue weighted by Crippen LogP contribution is 2.09. The molecule has 22 heavy (non-hydrogen) atoms. The molecule has 1 rings (SSSR count). The Bertz CT molecular complexity index is 540. The highest BCUT2D eigenvalue weighted by Gasteiger charge is 2.13. The van der Waals surface area contributed by atoms with Gasteiger partial charge in [-0.05, 0) is 31.8 Å². The molecular weight excluding hydrogens is 284 g/mol. The second-order valence-electron chi connectivity index (χ2n) is 4.89. The summed E-state index contributed by atoms with van der Waals surface area (Å²) in [6, 6.07) is 9.05. The van der Waals surface area contributed by atoms with E-state index in [0.717, 1.165) is 5.56 Å². The number of likely N-dealkylation sites (N-methyl/N-ethyl adjacent to an activating group) is 1. The minimum atomic E-state index is -0.543. The van der Waals surface area contributed by atoms with Crippen LogP contribution >= 0.6 is 0 Å². The third-order valence-corrected chi connectivity index (χ3v) is 3.05. The highest BCUT2D eigenvalue weighted by atomic mass is 16.5. The molecule has 0 spiro atoms. The molecule has 0 radical (unpaired) electrons. The number of nitrogens with zero attached hydrogens (tertiary/aromatic N) is 2. The van der Waals surface area contributed by atoms with Crippen LogP contribution in [0.4, 0.5) is 10.5 Å². The van der Waals surface area contributed by atoms with Gasteiger partial charge in [-0.1, -0.05) is 12.1 Å². The fraction of sp³-hybridized carbons (Fsp3) is 0.400. The Morgan fingerprint density at radius 2 is 2.27 bits per heavy atom. The summed E-state index contributed by atoms with van der Waals surface area (Å²) in [6.45, 7) is 0.442. The Morgan fingerprint density at radius 1 is 1.50 bits per heavy atom. The van der Waals surface area contributed by atoms with E-state index < -0.39 is 6.09 Å².